The van der Waals surface area contributed by atoms with Gasteiger partial charge in [-0.2, -0.15) is 0 Å². The van der Waals surface area contributed by atoms with Crippen LogP contribution < -0.4 is 11.1 Å². The summed E-state index contributed by atoms with van der Waals surface area (Å²) in [6.45, 7) is 0. The molecule has 110 valence electrons. The molecule has 21 heavy (non-hydrogen) atoms. The van der Waals surface area contributed by atoms with Crippen LogP contribution in [0.2, 0.25) is 0 Å². The lowest BCUT2D eigenvalue weighted by Crippen LogP contribution is -2.36. The van der Waals surface area contributed by atoms with Gasteiger partial charge in [-0.15, -0.1) is 21.5 Å². The molecule has 0 aromatic carbocycles. The van der Waals surface area contributed by atoms with Crippen LogP contribution in [0.1, 0.15) is 18.9 Å². The average molecular weight is 323 g/mol. The van der Waals surface area contributed by atoms with Crippen molar-refractivity contribution >= 4 is 35.0 Å². The lowest BCUT2D eigenvalue weighted by atomic mass is 10.4. The van der Waals surface area contributed by atoms with Crippen LogP contribution in [-0.4, -0.2) is 32.5 Å². The molecular weight excluding hydrogens is 310 g/mol. The quantitative estimate of drug-likeness (QED) is 0.814. The maximum atomic E-state index is 11.5. The minimum absolute atomic E-state index is 0.0816. The molecule has 0 spiro atoms. The van der Waals surface area contributed by atoms with E-state index in [1.54, 1.807) is 11.3 Å². The average Bonchev–Trinajstić information content (AvgIpc) is 2.98. The lowest BCUT2D eigenvalue weighted by molar-refractivity contribution is -0.117. The Morgan fingerprint density at radius 1 is 1.48 bits per heavy atom. The number of imide groups is 1. The summed E-state index contributed by atoms with van der Waals surface area (Å²) in [5.74, 6) is 0.485. The van der Waals surface area contributed by atoms with Crippen molar-refractivity contribution in [2.75, 3.05) is 5.75 Å². The molecule has 9 heteroatoms. The predicted molar refractivity (Wildman–Crippen MR) is 80.1 cm³/mol. The highest BCUT2D eigenvalue weighted by atomic mass is 32.2. The Labute approximate surface area is 128 Å². The number of hydrogen-bond acceptors (Lipinski definition) is 6. The van der Waals surface area contributed by atoms with Crippen molar-refractivity contribution in [3.05, 3.63) is 17.5 Å². The number of nitrogens with two attached hydrogens (primary N) is 1. The second-order valence-corrected chi connectivity index (χ2v) is 6.48. The highest BCUT2D eigenvalue weighted by Crippen LogP contribution is 2.41. The van der Waals surface area contributed by atoms with E-state index in [9.17, 15) is 9.59 Å². The summed E-state index contributed by atoms with van der Waals surface area (Å²) in [5.41, 5.74) is 4.91. The lowest BCUT2D eigenvalue weighted by Gasteiger charge is -2.07. The van der Waals surface area contributed by atoms with Gasteiger partial charge in [0.2, 0.25) is 5.91 Å². The molecule has 0 atom stereocenters. The number of nitrogens with one attached hydrogen (secondary N) is 1. The number of rotatable bonds is 5. The highest BCUT2D eigenvalue weighted by molar-refractivity contribution is 7.99. The first kappa shape index (κ1) is 14.1. The molecule has 2 aromatic heterocycles. The molecule has 3 N–H and O–H groups in total. The Balaban J connectivity index is 1.77. The van der Waals surface area contributed by atoms with E-state index in [1.165, 1.54) is 11.8 Å². The third kappa shape index (κ3) is 3.24. The van der Waals surface area contributed by atoms with Gasteiger partial charge in [0.1, 0.15) is 0 Å². The normalized spacial score (nSPS) is 14.1. The Bertz CT molecular complexity index is 663. The number of amides is 3. The molecular formula is C12H13N5O2S2. The summed E-state index contributed by atoms with van der Waals surface area (Å²) in [7, 11) is 0. The van der Waals surface area contributed by atoms with E-state index in [1.807, 2.05) is 22.8 Å². The summed E-state index contributed by atoms with van der Waals surface area (Å²) >= 11 is 2.87. The number of thioether (sulfide) groups is 1. The van der Waals surface area contributed by atoms with Crippen LogP contribution in [-0.2, 0) is 4.79 Å². The van der Waals surface area contributed by atoms with E-state index >= 15 is 0 Å². The van der Waals surface area contributed by atoms with Crippen LogP contribution in [0.3, 0.4) is 0 Å². The smallest absolute Gasteiger partial charge is 0.318 e. The van der Waals surface area contributed by atoms with Crippen LogP contribution in [0.4, 0.5) is 4.79 Å². The van der Waals surface area contributed by atoms with E-state index < -0.39 is 11.9 Å². The van der Waals surface area contributed by atoms with Crippen LogP contribution in [0, 0.1) is 0 Å². The van der Waals surface area contributed by atoms with Gasteiger partial charge < -0.3 is 5.73 Å². The van der Waals surface area contributed by atoms with Gasteiger partial charge in [0.05, 0.1) is 10.6 Å². The minimum Gasteiger partial charge on any atom is -0.351 e. The Kier molecular flexibility index (Phi) is 3.93. The van der Waals surface area contributed by atoms with E-state index in [2.05, 4.69) is 14.8 Å². The summed E-state index contributed by atoms with van der Waals surface area (Å²) in [5, 5.41) is 13.1. The molecule has 0 aliphatic heterocycles. The van der Waals surface area contributed by atoms with Gasteiger partial charge in [-0.25, -0.2) is 4.79 Å². The number of primary amides is 1. The molecule has 2 heterocycles. The Morgan fingerprint density at radius 2 is 2.29 bits per heavy atom. The SMILES string of the molecule is NC(=O)NC(=O)CSc1nnc(-c2cccs2)n1C1CC1. The fourth-order valence-corrected chi connectivity index (χ4v) is 3.43. The third-order valence-corrected chi connectivity index (χ3v) is 4.72. The maximum Gasteiger partial charge on any atom is 0.318 e. The highest BCUT2D eigenvalue weighted by Gasteiger charge is 2.30. The first-order chi connectivity index (χ1) is 10.1. The van der Waals surface area contributed by atoms with Crippen LogP contribution >= 0.6 is 23.1 Å². The zero-order valence-electron chi connectivity index (χ0n) is 11.0. The van der Waals surface area contributed by atoms with E-state index in [-0.39, 0.29) is 5.75 Å². The molecule has 1 fully saturated rings. The van der Waals surface area contributed by atoms with Crippen molar-refractivity contribution in [3.63, 3.8) is 0 Å². The second-order valence-electron chi connectivity index (χ2n) is 4.59. The number of carbonyl (C=O) groups is 2. The fourth-order valence-electron chi connectivity index (χ4n) is 1.91. The molecule has 3 rings (SSSR count). The molecule has 7 nitrogen and oxygen atoms in total. The van der Waals surface area contributed by atoms with E-state index in [0.717, 1.165) is 23.5 Å². The van der Waals surface area contributed by atoms with Gasteiger partial charge in [0.25, 0.3) is 0 Å². The van der Waals surface area contributed by atoms with Crippen molar-refractivity contribution < 1.29 is 9.59 Å². The number of hydrogen-bond donors (Lipinski definition) is 2. The van der Waals surface area contributed by atoms with Crippen molar-refractivity contribution in [1.82, 2.24) is 20.1 Å². The number of thiophene rings is 1. The number of aromatic nitrogens is 3. The number of carbonyl (C=O) groups excluding carboxylic acids is 2. The van der Waals surface area contributed by atoms with Crippen molar-refractivity contribution in [2.45, 2.75) is 24.0 Å². The maximum absolute atomic E-state index is 11.5. The summed E-state index contributed by atoms with van der Waals surface area (Å²) in [6, 6.07) is 3.53. The van der Waals surface area contributed by atoms with Gasteiger partial charge in [0.15, 0.2) is 11.0 Å². The van der Waals surface area contributed by atoms with Crippen molar-refractivity contribution in [2.24, 2.45) is 5.73 Å². The van der Waals surface area contributed by atoms with Crippen LogP contribution in [0.5, 0.6) is 0 Å². The molecule has 1 saturated carbocycles. The third-order valence-electron chi connectivity index (χ3n) is 2.91. The number of nitrogens with zero attached hydrogens (tertiary/aromatic N) is 3. The molecule has 3 amide bonds. The summed E-state index contributed by atoms with van der Waals surface area (Å²) in [4.78, 5) is 23.1. The van der Waals surface area contributed by atoms with Gasteiger partial charge >= 0.3 is 6.03 Å². The standard InChI is InChI=1S/C12H13N5O2S2/c13-11(19)14-9(18)6-21-12-16-15-10(8-2-1-5-20-8)17(12)7-3-4-7/h1-2,5,7H,3-4,6H2,(H3,13,14,18,19). The molecule has 0 radical (unpaired) electrons. The van der Waals surface area contributed by atoms with Crippen molar-refractivity contribution in [3.8, 4) is 10.7 Å². The number of urea groups is 1. The summed E-state index contributed by atoms with van der Waals surface area (Å²) in [6.07, 6.45) is 2.19. The van der Waals surface area contributed by atoms with Gasteiger partial charge in [0, 0.05) is 6.04 Å². The molecule has 2 aromatic rings. The van der Waals surface area contributed by atoms with Crippen LogP contribution in [0.15, 0.2) is 22.7 Å². The van der Waals surface area contributed by atoms with Crippen molar-refractivity contribution in [1.29, 1.82) is 0 Å². The fraction of sp³-hybridized carbons (Fsp3) is 0.333. The molecule has 0 bridgehead atoms. The predicted octanol–water partition coefficient (Wildman–Crippen LogP) is 1.63. The zero-order chi connectivity index (χ0) is 14.8. The van der Waals surface area contributed by atoms with E-state index in [4.69, 9.17) is 5.73 Å². The first-order valence-corrected chi connectivity index (χ1v) is 8.22. The zero-order valence-corrected chi connectivity index (χ0v) is 12.6. The summed E-state index contributed by atoms with van der Waals surface area (Å²) < 4.78 is 2.08. The Hall–Kier alpha value is -1.87. The van der Waals surface area contributed by atoms with Gasteiger partial charge in [-0.3, -0.25) is 14.7 Å². The topological polar surface area (TPSA) is 103 Å². The minimum atomic E-state index is -0.844. The van der Waals surface area contributed by atoms with Crippen LogP contribution in [0.25, 0.3) is 10.7 Å². The largest absolute Gasteiger partial charge is 0.351 e. The first-order valence-electron chi connectivity index (χ1n) is 6.36. The van der Waals surface area contributed by atoms with E-state index in [0.29, 0.717) is 11.2 Å². The monoisotopic (exact) mass is 323 g/mol. The molecule has 0 saturated heterocycles. The van der Waals surface area contributed by atoms with Gasteiger partial charge in [-0.05, 0) is 24.3 Å². The van der Waals surface area contributed by atoms with Gasteiger partial charge in [-0.1, -0.05) is 17.8 Å². The Morgan fingerprint density at radius 3 is 2.90 bits per heavy atom. The second kappa shape index (κ2) is 5.86. The molecule has 1 aliphatic carbocycles. The molecule has 0 unspecified atom stereocenters. The molecule has 1 aliphatic rings.